The topological polar surface area (TPSA) is 75.8 Å². The second kappa shape index (κ2) is 6.37. The zero-order valence-electron chi connectivity index (χ0n) is 12.0. The Kier molecular flexibility index (Phi) is 4.99. The number of thiocarbonyl (C=S) groups is 1. The number of carbonyl (C=O) groups is 1. The summed E-state index contributed by atoms with van der Waals surface area (Å²) >= 11 is 5.22. The molecular formula is C14H24N2O3S. The molecule has 5 nitrogen and oxygen atoms in total. The van der Waals surface area contributed by atoms with E-state index in [1.165, 1.54) is 0 Å². The molecule has 20 heavy (non-hydrogen) atoms. The Bertz CT molecular complexity index is 383. The summed E-state index contributed by atoms with van der Waals surface area (Å²) in [4.78, 5) is 15.1. The van der Waals surface area contributed by atoms with Gasteiger partial charge in [0.2, 0.25) is 5.91 Å². The number of hydrogen-bond donors (Lipinski definition) is 2. The van der Waals surface area contributed by atoms with Crippen molar-refractivity contribution < 1.29 is 14.6 Å². The highest BCUT2D eigenvalue weighted by Crippen LogP contribution is 2.39. The summed E-state index contributed by atoms with van der Waals surface area (Å²) in [6, 6.07) is -0.00143. The number of aliphatic hydroxyl groups is 1. The lowest BCUT2D eigenvalue weighted by Gasteiger charge is -2.44. The predicted octanol–water partition coefficient (Wildman–Crippen LogP) is 0.831. The summed E-state index contributed by atoms with van der Waals surface area (Å²) in [5.41, 5.74) is 5.24. The molecule has 1 saturated heterocycles. The fraction of sp³-hybridized carbons (Fsp3) is 0.857. The Morgan fingerprint density at radius 1 is 1.45 bits per heavy atom. The smallest absolute Gasteiger partial charge is 0.236 e. The third-order valence-corrected chi connectivity index (χ3v) is 4.95. The fourth-order valence-electron chi connectivity index (χ4n) is 3.21. The quantitative estimate of drug-likeness (QED) is 0.755. The number of rotatable bonds is 3. The van der Waals surface area contributed by atoms with Gasteiger partial charge in [0.1, 0.15) is 0 Å². The zero-order chi connectivity index (χ0) is 14.8. The van der Waals surface area contributed by atoms with Crippen molar-refractivity contribution in [1.82, 2.24) is 4.90 Å². The van der Waals surface area contributed by atoms with Crippen molar-refractivity contribution in [3.8, 4) is 0 Å². The Hall–Kier alpha value is -0.720. The van der Waals surface area contributed by atoms with Gasteiger partial charge < -0.3 is 20.5 Å². The van der Waals surface area contributed by atoms with Gasteiger partial charge in [-0.05, 0) is 19.8 Å². The van der Waals surface area contributed by atoms with E-state index in [9.17, 15) is 9.90 Å². The molecule has 3 N–H and O–H groups in total. The highest BCUT2D eigenvalue weighted by atomic mass is 32.1. The van der Waals surface area contributed by atoms with Gasteiger partial charge in [-0.1, -0.05) is 31.5 Å². The van der Waals surface area contributed by atoms with Crippen LogP contribution in [0.4, 0.5) is 0 Å². The molecule has 1 heterocycles. The van der Waals surface area contributed by atoms with E-state index in [4.69, 9.17) is 22.7 Å². The SMILES string of the molecule is CC1COC(CO)CN1C(=O)C1(C(N)=S)CCCCC1. The second-order valence-corrected chi connectivity index (χ2v) is 6.39. The molecule has 2 rings (SSSR count). The number of ether oxygens (including phenoxy) is 1. The van der Waals surface area contributed by atoms with Crippen molar-refractivity contribution in [1.29, 1.82) is 0 Å². The van der Waals surface area contributed by atoms with E-state index in [1.54, 1.807) is 4.90 Å². The molecule has 0 aromatic heterocycles. The summed E-state index contributed by atoms with van der Waals surface area (Å²) in [5.74, 6) is 0.0268. The van der Waals surface area contributed by atoms with Gasteiger partial charge in [-0.2, -0.15) is 0 Å². The maximum absolute atomic E-state index is 13.0. The molecule has 2 fully saturated rings. The lowest BCUT2D eigenvalue weighted by Crippen LogP contribution is -2.59. The Balaban J connectivity index is 2.20. The van der Waals surface area contributed by atoms with Gasteiger partial charge in [0, 0.05) is 6.54 Å². The monoisotopic (exact) mass is 300 g/mol. The van der Waals surface area contributed by atoms with E-state index >= 15 is 0 Å². The first-order valence-electron chi connectivity index (χ1n) is 7.34. The molecule has 1 amide bonds. The first kappa shape index (κ1) is 15.7. The van der Waals surface area contributed by atoms with E-state index in [-0.39, 0.29) is 24.7 Å². The van der Waals surface area contributed by atoms with Crippen LogP contribution in [-0.2, 0) is 9.53 Å². The summed E-state index contributed by atoms with van der Waals surface area (Å²) in [7, 11) is 0. The van der Waals surface area contributed by atoms with Gasteiger partial charge in [-0.3, -0.25) is 4.79 Å². The minimum Gasteiger partial charge on any atom is -0.394 e. The first-order valence-corrected chi connectivity index (χ1v) is 7.75. The summed E-state index contributed by atoms with van der Waals surface area (Å²) in [6.45, 7) is 2.75. The molecule has 1 aliphatic heterocycles. The molecule has 2 unspecified atom stereocenters. The van der Waals surface area contributed by atoms with E-state index in [0.29, 0.717) is 18.1 Å². The third-order valence-electron chi connectivity index (χ3n) is 4.56. The minimum atomic E-state index is -0.681. The van der Waals surface area contributed by atoms with E-state index in [0.717, 1.165) is 32.1 Å². The largest absolute Gasteiger partial charge is 0.394 e. The standard InChI is InChI=1S/C14H24N2O3S/c1-10-9-19-11(8-17)7-16(10)13(18)14(12(15)20)5-3-2-4-6-14/h10-11,17H,2-9H2,1H3,(H2,15,20). The van der Waals surface area contributed by atoms with Crippen LogP contribution in [0.15, 0.2) is 0 Å². The zero-order valence-corrected chi connectivity index (χ0v) is 12.8. The number of amides is 1. The molecule has 0 radical (unpaired) electrons. The number of hydrogen-bond acceptors (Lipinski definition) is 4. The molecular weight excluding hydrogens is 276 g/mol. The molecule has 0 aromatic carbocycles. The number of nitrogens with zero attached hydrogens (tertiary/aromatic N) is 1. The second-order valence-electron chi connectivity index (χ2n) is 5.95. The van der Waals surface area contributed by atoms with Crippen LogP contribution in [0.5, 0.6) is 0 Å². The minimum absolute atomic E-state index is 0.00143. The van der Waals surface area contributed by atoms with Crippen LogP contribution in [-0.4, -0.2) is 52.8 Å². The van der Waals surface area contributed by atoms with Crippen LogP contribution in [0, 0.1) is 5.41 Å². The van der Waals surface area contributed by atoms with Gasteiger partial charge >= 0.3 is 0 Å². The van der Waals surface area contributed by atoms with Crippen molar-refractivity contribution in [2.45, 2.75) is 51.2 Å². The Morgan fingerprint density at radius 3 is 2.65 bits per heavy atom. The first-order chi connectivity index (χ1) is 9.51. The van der Waals surface area contributed by atoms with E-state index < -0.39 is 5.41 Å². The number of carbonyl (C=O) groups excluding carboxylic acids is 1. The Labute approximate surface area is 125 Å². The molecule has 2 atom stereocenters. The van der Waals surface area contributed by atoms with Crippen molar-refractivity contribution >= 4 is 23.1 Å². The van der Waals surface area contributed by atoms with Gasteiger partial charge in [0.25, 0.3) is 0 Å². The molecule has 0 spiro atoms. The maximum atomic E-state index is 13.0. The lowest BCUT2D eigenvalue weighted by molar-refractivity contribution is -0.154. The summed E-state index contributed by atoms with van der Waals surface area (Å²) in [6.07, 6.45) is 4.30. The number of nitrogens with two attached hydrogens (primary N) is 1. The predicted molar refractivity (Wildman–Crippen MR) is 80.3 cm³/mol. The average molecular weight is 300 g/mol. The van der Waals surface area contributed by atoms with Crippen molar-refractivity contribution in [2.75, 3.05) is 19.8 Å². The molecule has 2 aliphatic rings. The van der Waals surface area contributed by atoms with Gasteiger partial charge in [-0.15, -0.1) is 0 Å². The van der Waals surface area contributed by atoms with Gasteiger partial charge in [-0.25, -0.2) is 0 Å². The molecule has 6 heteroatoms. The third kappa shape index (κ3) is 2.82. The van der Waals surface area contributed by atoms with Crippen LogP contribution in [0.1, 0.15) is 39.0 Å². The number of morpholine rings is 1. The highest BCUT2D eigenvalue weighted by molar-refractivity contribution is 7.80. The van der Waals surface area contributed by atoms with Crippen LogP contribution in [0.3, 0.4) is 0 Å². The van der Waals surface area contributed by atoms with Crippen molar-refractivity contribution in [3.63, 3.8) is 0 Å². The Morgan fingerprint density at radius 2 is 2.10 bits per heavy atom. The molecule has 114 valence electrons. The van der Waals surface area contributed by atoms with Gasteiger partial charge in [0.05, 0.1) is 35.8 Å². The van der Waals surface area contributed by atoms with Crippen LogP contribution in [0.25, 0.3) is 0 Å². The van der Waals surface area contributed by atoms with Crippen molar-refractivity contribution in [2.24, 2.45) is 11.1 Å². The fourth-order valence-corrected chi connectivity index (χ4v) is 3.50. The van der Waals surface area contributed by atoms with Crippen molar-refractivity contribution in [3.05, 3.63) is 0 Å². The normalized spacial score (nSPS) is 30.0. The molecule has 1 aliphatic carbocycles. The molecule has 1 saturated carbocycles. The van der Waals surface area contributed by atoms with E-state index in [1.807, 2.05) is 6.92 Å². The van der Waals surface area contributed by atoms with Crippen LogP contribution < -0.4 is 5.73 Å². The summed E-state index contributed by atoms with van der Waals surface area (Å²) in [5, 5.41) is 9.25. The lowest BCUT2D eigenvalue weighted by atomic mass is 9.72. The molecule has 0 bridgehead atoms. The van der Waals surface area contributed by atoms with E-state index in [2.05, 4.69) is 0 Å². The summed E-state index contributed by atoms with van der Waals surface area (Å²) < 4.78 is 5.49. The maximum Gasteiger partial charge on any atom is 0.236 e. The molecule has 0 aromatic rings. The average Bonchev–Trinajstić information content (AvgIpc) is 2.47. The highest BCUT2D eigenvalue weighted by Gasteiger charge is 2.46. The van der Waals surface area contributed by atoms with Crippen LogP contribution in [0.2, 0.25) is 0 Å². The van der Waals surface area contributed by atoms with Crippen LogP contribution >= 0.6 is 12.2 Å². The van der Waals surface area contributed by atoms with Gasteiger partial charge in [0.15, 0.2) is 0 Å². The number of aliphatic hydroxyl groups excluding tert-OH is 1.